The number of likely N-dealkylation sites (tertiary alicyclic amines) is 1. The highest BCUT2D eigenvalue weighted by molar-refractivity contribution is 5.33. The van der Waals surface area contributed by atoms with Gasteiger partial charge in [0, 0.05) is 12.6 Å². The Hall–Kier alpha value is -1.33. The molecule has 1 atom stereocenters. The molecule has 0 amide bonds. The zero-order valence-electron chi connectivity index (χ0n) is 11.0. The lowest BCUT2D eigenvalue weighted by Gasteiger charge is -2.39. The molecule has 0 spiro atoms. The smallest absolute Gasteiger partial charge is 0.0700 e. The van der Waals surface area contributed by atoms with Gasteiger partial charge in [-0.25, -0.2) is 0 Å². The van der Waals surface area contributed by atoms with Crippen LogP contribution in [0.15, 0.2) is 24.3 Å². The minimum Gasteiger partial charge on any atom is -0.298 e. The summed E-state index contributed by atoms with van der Waals surface area (Å²) in [6.07, 6.45) is 4.55. The number of benzene rings is 1. The third-order valence-corrected chi connectivity index (χ3v) is 4.54. The van der Waals surface area contributed by atoms with E-state index in [4.69, 9.17) is 0 Å². The summed E-state index contributed by atoms with van der Waals surface area (Å²) in [7, 11) is 0. The highest BCUT2D eigenvalue weighted by atomic mass is 15.2. The van der Waals surface area contributed by atoms with E-state index in [0.717, 1.165) is 38.8 Å². The topological polar surface area (TPSA) is 27.0 Å². The molecule has 0 N–H and O–H groups in total. The van der Waals surface area contributed by atoms with Crippen LogP contribution in [0.1, 0.15) is 30.9 Å². The fourth-order valence-corrected chi connectivity index (χ4v) is 3.48. The number of hydrogen-bond donors (Lipinski definition) is 0. The summed E-state index contributed by atoms with van der Waals surface area (Å²) in [5.74, 6) is 0. The average Bonchev–Trinajstić information content (AvgIpc) is 2.83. The SMILES string of the molecule is C[C@@]1(C#N)CCCN(C2Cc3ccccc3C2)C1. The van der Waals surface area contributed by atoms with E-state index < -0.39 is 0 Å². The minimum atomic E-state index is -0.132. The standard InChI is InChI=1S/C16H20N2/c1-16(11-17)7-4-8-18(12-16)15-9-13-5-2-3-6-14(13)10-15/h2-3,5-6,15H,4,7-10,12H2,1H3/t16-/m0/s1. The third-order valence-electron chi connectivity index (χ3n) is 4.54. The van der Waals surface area contributed by atoms with Gasteiger partial charge >= 0.3 is 0 Å². The Morgan fingerprint density at radius 1 is 1.28 bits per heavy atom. The van der Waals surface area contributed by atoms with Gasteiger partial charge in [0.25, 0.3) is 0 Å². The Kier molecular flexibility index (Phi) is 2.87. The van der Waals surface area contributed by atoms with Gasteiger partial charge in [0.05, 0.1) is 11.5 Å². The van der Waals surface area contributed by atoms with E-state index in [0.29, 0.717) is 6.04 Å². The molecule has 2 heteroatoms. The molecule has 1 aromatic rings. The van der Waals surface area contributed by atoms with Gasteiger partial charge in [0.15, 0.2) is 0 Å². The lowest BCUT2D eigenvalue weighted by atomic mass is 9.83. The number of rotatable bonds is 1. The average molecular weight is 240 g/mol. The van der Waals surface area contributed by atoms with E-state index in [2.05, 4.69) is 42.2 Å². The second kappa shape index (κ2) is 4.40. The molecule has 1 aliphatic carbocycles. The summed E-state index contributed by atoms with van der Waals surface area (Å²) in [4.78, 5) is 2.55. The van der Waals surface area contributed by atoms with Crippen LogP contribution in [0.3, 0.4) is 0 Å². The first kappa shape index (κ1) is 11.7. The number of piperidine rings is 1. The molecule has 0 bridgehead atoms. The monoisotopic (exact) mass is 240 g/mol. The molecule has 18 heavy (non-hydrogen) atoms. The van der Waals surface area contributed by atoms with Crippen molar-refractivity contribution in [1.29, 1.82) is 5.26 Å². The van der Waals surface area contributed by atoms with Crippen LogP contribution in [0.4, 0.5) is 0 Å². The minimum absolute atomic E-state index is 0.132. The predicted molar refractivity (Wildman–Crippen MR) is 72.2 cm³/mol. The molecule has 0 unspecified atom stereocenters. The molecule has 1 heterocycles. The number of nitriles is 1. The molecule has 2 aliphatic rings. The maximum absolute atomic E-state index is 9.31. The zero-order valence-corrected chi connectivity index (χ0v) is 11.0. The summed E-state index contributed by atoms with van der Waals surface area (Å²) in [5, 5.41) is 9.31. The normalized spacial score (nSPS) is 28.9. The highest BCUT2D eigenvalue weighted by Gasteiger charge is 2.35. The predicted octanol–water partition coefficient (Wildman–Crippen LogP) is 2.78. The Balaban J connectivity index is 1.73. The van der Waals surface area contributed by atoms with Gasteiger partial charge < -0.3 is 0 Å². The summed E-state index contributed by atoms with van der Waals surface area (Å²) in [5.41, 5.74) is 2.88. The number of hydrogen-bond acceptors (Lipinski definition) is 2. The quantitative estimate of drug-likeness (QED) is 0.754. The van der Waals surface area contributed by atoms with Gasteiger partial charge in [-0.05, 0) is 50.3 Å². The first-order chi connectivity index (χ1) is 8.70. The van der Waals surface area contributed by atoms with Crippen molar-refractivity contribution in [1.82, 2.24) is 4.90 Å². The Bertz CT molecular complexity index is 463. The van der Waals surface area contributed by atoms with Crippen LogP contribution in [0.2, 0.25) is 0 Å². The van der Waals surface area contributed by atoms with Crippen LogP contribution < -0.4 is 0 Å². The maximum Gasteiger partial charge on any atom is 0.0700 e. The molecule has 2 nitrogen and oxygen atoms in total. The molecular weight excluding hydrogens is 220 g/mol. The summed E-state index contributed by atoms with van der Waals surface area (Å²) < 4.78 is 0. The van der Waals surface area contributed by atoms with Gasteiger partial charge in [-0.3, -0.25) is 4.90 Å². The zero-order chi connectivity index (χ0) is 12.6. The lowest BCUT2D eigenvalue weighted by Crippen LogP contribution is -2.46. The second-order valence-electron chi connectivity index (χ2n) is 6.08. The molecule has 1 aromatic carbocycles. The molecular formula is C16H20N2. The van der Waals surface area contributed by atoms with Gasteiger partial charge in [0.2, 0.25) is 0 Å². The molecule has 1 saturated heterocycles. The van der Waals surface area contributed by atoms with Crippen LogP contribution >= 0.6 is 0 Å². The maximum atomic E-state index is 9.31. The van der Waals surface area contributed by atoms with Crippen LogP contribution in [-0.2, 0) is 12.8 Å². The van der Waals surface area contributed by atoms with Crippen LogP contribution in [0.25, 0.3) is 0 Å². The van der Waals surface area contributed by atoms with Gasteiger partial charge in [0.1, 0.15) is 0 Å². The fraction of sp³-hybridized carbons (Fsp3) is 0.562. The van der Waals surface area contributed by atoms with Crippen molar-refractivity contribution in [3.05, 3.63) is 35.4 Å². The van der Waals surface area contributed by atoms with Crippen molar-refractivity contribution in [2.24, 2.45) is 5.41 Å². The molecule has 3 rings (SSSR count). The molecule has 0 radical (unpaired) electrons. The number of fused-ring (bicyclic) bond motifs is 1. The second-order valence-corrected chi connectivity index (χ2v) is 6.08. The van der Waals surface area contributed by atoms with E-state index >= 15 is 0 Å². The van der Waals surface area contributed by atoms with Crippen molar-refractivity contribution < 1.29 is 0 Å². The van der Waals surface area contributed by atoms with Gasteiger partial charge in [-0.2, -0.15) is 5.26 Å². The van der Waals surface area contributed by atoms with Crippen LogP contribution in [0.5, 0.6) is 0 Å². The first-order valence-corrected chi connectivity index (χ1v) is 6.92. The van der Waals surface area contributed by atoms with E-state index in [1.54, 1.807) is 0 Å². The van der Waals surface area contributed by atoms with E-state index in [1.807, 2.05) is 0 Å². The van der Waals surface area contributed by atoms with E-state index in [-0.39, 0.29) is 5.41 Å². The Morgan fingerprint density at radius 3 is 2.56 bits per heavy atom. The molecule has 94 valence electrons. The Labute approximate surface area is 109 Å². The van der Waals surface area contributed by atoms with Crippen molar-refractivity contribution in [2.75, 3.05) is 13.1 Å². The highest BCUT2D eigenvalue weighted by Crippen LogP contribution is 2.33. The third kappa shape index (κ3) is 2.04. The largest absolute Gasteiger partial charge is 0.298 e. The van der Waals surface area contributed by atoms with Gasteiger partial charge in [-0.1, -0.05) is 24.3 Å². The van der Waals surface area contributed by atoms with Crippen LogP contribution in [-0.4, -0.2) is 24.0 Å². The van der Waals surface area contributed by atoms with E-state index in [1.165, 1.54) is 11.1 Å². The number of nitrogens with zero attached hydrogens (tertiary/aromatic N) is 2. The molecule has 1 fully saturated rings. The molecule has 0 saturated carbocycles. The summed E-state index contributed by atoms with van der Waals surface area (Å²) in [6, 6.07) is 11.9. The van der Waals surface area contributed by atoms with Crippen molar-refractivity contribution >= 4 is 0 Å². The van der Waals surface area contributed by atoms with Crippen LogP contribution in [0, 0.1) is 16.7 Å². The van der Waals surface area contributed by atoms with Crippen molar-refractivity contribution in [3.63, 3.8) is 0 Å². The molecule has 0 aromatic heterocycles. The summed E-state index contributed by atoms with van der Waals surface area (Å²) >= 11 is 0. The van der Waals surface area contributed by atoms with E-state index in [9.17, 15) is 5.26 Å². The Morgan fingerprint density at radius 2 is 1.94 bits per heavy atom. The van der Waals surface area contributed by atoms with Crippen molar-refractivity contribution in [2.45, 2.75) is 38.6 Å². The lowest BCUT2D eigenvalue weighted by molar-refractivity contribution is 0.102. The fourth-order valence-electron chi connectivity index (χ4n) is 3.48. The van der Waals surface area contributed by atoms with Crippen molar-refractivity contribution in [3.8, 4) is 6.07 Å². The summed E-state index contributed by atoms with van der Waals surface area (Å²) in [6.45, 7) is 4.22. The molecule has 1 aliphatic heterocycles. The first-order valence-electron chi connectivity index (χ1n) is 6.92. The van der Waals surface area contributed by atoms with Gasteiger partial charge in [-0.15, -0.1) is 0 Å².